The van der Waals surface area contributed by atoms with Crippen molar-refractivity contribution in [2.75, 3.05) is 5.32 Å². The number of anilines is 1. The molecule has 2 rings (SSSR count). The molecule has 2 unspecified atom stereocenters. The Hall–Kier alpha value is -1.64. The average Bonchev–Trinajstić information content (AvgIpc) is 2.39. The summed E-state index contributed by atoms with van der Waals surface area (Å²) in [5.74, 6) is 1.62. The molecular formula is C15H21N3. The first-order chi connectivity index (χ1) is 8.70. The summed E-state index contributed by atoms with van der Waals surface area (Å²) in [6.45, 7) is 6.72. The maximum Gasteiger partial charge on any atom is 0.156 e. The summed E-state index contributed by atoms with van der Waals surface area (Å²) >= 11 is 0. The molecule has 0 spiro atoms. The van der Waals surface area contributed by atoms with Gasteiger partial charge in [-0.05, 0) is 19.3 Å². The van der Waals surface area contributed by atoms with Gasteiger partial charge in [-0.2, -0.15) is 5.10 Å². The van der Waals surface area contributed by atoms with Crippen molar-refractivity contribution in [1.29, 1.82) is 0 Å². The molecule has 18 heavy (non-hydrogen) atoms. The number of nitrogens with zero attached hydrogens (tertiary/aromatic N) is 2. The van der Waals surface area contributed by atoms with E-state index in [1.54, 1.807) is 6.20 Å². The molecule has 0 saturated carbocycles. The molecule has 0 saturated heterocycles. The maximum absolute atomic E-state index is 4.22. The smallest absolute Gasteiger partial charge is 0.156 e. The first-order valence-corrected chi connectivity index (χ1v) is 6.67. The van der Waals surface area contributed by atoms with Crippen molar-refractivity contribution >= 4 is 16.6 Å². The molecule has 0 aliphatic rings. The highest BCUT2D eigenvalue weighted by Gasteiger charge is 2.09. The van der Waals surface area contributed by atoms with Crippen LogP contribution in [0.2, 0.25) is 0 Å². The van der Waals surface area contributed by atoms with Gasteiger partial charge in [0.05, 0.1) is 6.20 Å². The Labute approximate surface area is 109 Å². The van der Waals surface area contributed by atoms with Crippen LogP contribution in [0.15, 0.2) is 30.5 Å². The summed E-state index contributed by atoms with van der Waals surface area (Å²) in [5.41, 5.74) is 0. The average molecular weight is 243 g/mol. The monoisotopic (exact) mass is 243 g/mol. The van der Waals surface area contributed by atoms with E-state index >= 15 is 0 Å². The van der Waals surface area contributed by atoms with Crippen LogP contribution in [0.3, 0.4) is 0 Å². The molecule has 0 fully saturated rings. The van der Waals surface area contributed by atoms with Crippen molar-refractivity contribution in [2.45, 2.75) is 39.7 Å². The summed E-state index contributed by atoms with van der Waals surface area (Å²) in [5, 5.41) is 14.0. The minimum absolute atomic E-state index is 0.417. The lowest BCUT2D eigenvalue weighted by atomic mass is 10.0. The lowest BCUT2D eigenvalue weighted by Crippen LogP contribution is -2.19. The SMILES string of the molecule is CCC(C)CC(C)Nc1nncc2ccccc12. The van der Waals surface area contributed by atoms with Gasteiger partial charge in [0.1, 0.15) is 0 Å². The first-order valence-electron chi connectivity index (χ1n) is 6.67. The van der Waals surface area contributed by atoms with Crippen LogP contribution in [0.5, 0.6) is 0 Å². The molecule has 2 aromatic rings. The second-order valence-corrected chi connectivity index (χ2v) is 5.07. The van der Waals surface area contributed by atoms with Gasteiger partial charge in [-0.1, -0.05) is 44.5 Å². The van der Waals surface area contributed by atoms with Gasteiger partial charge in [-0.3, -0.25) is 0 Å². The summed E-state index contributed by atoms with van der Waals surface area (Å²) < 4.78 is 0. The summed E-state index contributed by atoms with van der Waals surface area (Å²) in [7, 11) is 0. The van der Waals surface area contributed by atoms with Gasteiger partial charge in [-0.15, -0.1) is 5.10 Å². The van der Waals surface area contributed by atoms with Gasteiger partial charge in [0, 0.05) is 16.8 Å². The van der Waals surface area contributed by atoms with Crippen LogP contribution < -0.4 is 5.32 Å². The molecule has 1 N–H and O–H groups in total. The molecule has 1 aromatic carbocycles. The maximum atomic E-state index is 4.22. The van der Waals surface area contributed by atoms with E-state index in [0.29, 0.717) is 6.04 Å². The number of aromatic nitrogens is 2. The molecular weight excluding hydrogens is 222 g/mol. The highest BCUT2D eigenvalue weighted by Crippen LogP contribution is 2.21. The number of hydrogen-bond donors (Lipinski definition) is 1. The molecule has 0 aliphatic heterocycles. The van der Waals surface area contributed by atoms with Crippen LogP contribution in [0.1, 0.15) is 33.6 Å². The van der Waals surface area contributed by atoms with Gasteiger partial charge >= 0.3 is 0 Å². The Morgan fingerprint density at radius 2 is 2.00 bits per heavy atom. The standard InChI is InChI=1S/C15H21N3/c1-4-11(2)9-12(3)17-15-14-8-6-5-7-13(14)10-16-18-15/h5-8,10-12H,4,9H2,1-3H3,(H,17,18). The zero-order chi connectivity index (χ0) is 13.0. The summed E-state index contributed by atoms with van der Waals surface area (Å²) in [6, 6.07) is 8.63. The zero-order valence-corrected chi connectivity index (χ0v) is 11.4. The van der Waals surface area contributed by atoms with Crippen molar-refractivity contribution < 1.29 is 0 Å². The van der Waals surface area contributed by atoms with Crippen LogP contribution in [-0.4, -0.2) is 16.2 Å². The lowest BCUT2D eigenvalue weighted by molar-refractivity contribution is 0.483. The van der Waals surface area contributed by atoms with Crippen LogP contribution in [-0.2, 0) is 0 Å². The Morgan fingerprint density at radius 1 is 1.22 bits per heavy atom. The second-order valence-electron chi connectivity index (χ2n) is 5.07. The lowest BCUT2D eigenvalue weighted by Gasteiger charge is -2.18. The summed E-state index contributed by atoms with van der Waals surface area (Å²) in [6.07, 6.45) is 4.18. The normalized spacial score (nSPS) is 14.4. The van der Waals surface area contributed by atoms with E-state index in [1.807, 2.05) is 12.1 Å². The minimum Gasteiger partial charge on any atom is -0.366 e. The molecule has 0 amide bonds. The summed E-state index contributed by atoms with van der Waals surface area (Å²) in [4.78, 5) is 0. The molecule has 0 radical (unpaired) electrons. The highest BCUT2D eigenvalue weighted by molar-refractivity contribution is 5.90. The zero-order valence-electron chi connectivity index (χ0n) is 11.4. The number of hydrogen-bond acceptors (Lipinski definition) is 3. The Bertz CT molecular complexity index is 505. The molecule has 1 aromatic heterocycles. The van der Waals surface area contributed by atoms with Gasteiger partial charge in [0.15, 0.2) is 5.82 Å². The van der Waals surface area contributed by atoms with Crippen molar-refractivity contribution in [3.05, 3.63) is 30.5 Å². The van der Waals surface area contributed by atoms with Crippen molar-refractivity contribution in [2.24, 2.45) is 5.92 Å². The number of benzene rings is 1. The molecule has 0 bridgehead atoms. The molecule has 3 heteroatoms. The third kappa shape index (κ3) is 2.97. The number of fused-ring (bicyclic) bond motifs is 1. The van der Waals surface area contributed by atoms with Crippen molar-refractivity contribution in [1.82, 2.24) is 10.2 Å². The minimum atomic E-state index is 0.417. The van der Waals surface area contributed by atoms with Gasteiger partial charge in [0.25, 0.3) is 0 Å². The van der Waals surface area contributed by atoms with E-state index in [2.05, 4.69) is 48.4 Å². The largest absolute Gasteiger partial charge is 0.366 e. The topological polar surface area (TPSA) is 37.8 Å². The van der Waals surface area contributed by atoms with Gasteiger partial charge < -0.3 is 5.32 Å². The Morgan fingerprint density at radius 3 is 2.78 bits per heavy atom. The van der Waals surface area contributed by atoms with E-state index in [1.165, 1.54) is 6.42 Å². The molecule has 1 heterocycles. The first kappa shape index (κ1) is 12.8. The third-order valence-electron chi connectivity index (χ3n) is 3.41. The molecule has 3 nitrogen and oxygen atoms in total. The predicted molar refractivity (Wildman–Crippen MR) is 76.7 cm³/mol. The molecule has 2 atom stereocenters. The van der Waals surface area contributed by atoms with E-state index in [4.69, 9.17) is 0 Å². The number of rotatable bonds is 5. The predicted octanol–water partition coefficient (Wildman–Crippen LogP) is 3.87. The Balaban J connectivity index is 2.16. The molecule has 0 aliphatic carbocycles. The third-order valence-corrected chi connectivity index (χ3v) is 3.41. The van der Waals surface area contributed by atoms with Crippen molar-refractivity contribution in [3.8, 4) is 0 Å². The van der Waals surface area contributed by atoms with Crippen LogP contribution in [0, 0.1) is 5.92 Å². The van der Waals surface area contributed by atoms with Crippen LogP contribution in [0.25, 0.3) is 10.8 Å². The highest BCUT2D eigenvalue weighted by atomic mass is 15.2. The van der Waals surface area contributed by atoms with Crippen molar-refractivity contribution in [3.63, 3.8) is 0 Å². The van der Waals surface area contributed by atoms with Gasteiger partial charge in [0.2, 0.25) is 0 Å². The fourth-order valence-corrected chi connectivity index (χ4v) is 2.20. The van der Waals surface area contributed by atoms with Gasteiger partial charge in [-0.25, -0.2) is 0 Å². The van der Waals surface area contributed by atoms with E-state index < -0.39 is 0 Å². The quantitative estimate of drug-likeness (QED) is 0.866. The van der Waals surface area contributed by atoms with E-state index in [-0.39, 0.29) is 0 Å². The fourth-order valence-electron chi connectivity index (χ4n) is 2.20. The van der Waals surface area contributed by atoms with E-state index in [0.717, 1.165) is 28.9 Å². The molecule has 96 valence electrons. The van der Waals surface area contributed by atoms with Crippen LogP contribution in [0.4, 0.5) is 5.82 Å². The number of nitrogens with one attached hydrogen (secondary N) is 1. The fraction of sp³-hybridized carbons (Fsp3) is 0.467. The Kier molecular flexibility index (Phi) is 4.13. The second kappa shape index (κ2) is 5.80. The van der Waals surface area contributed by atoms with E-state index in [9.17, 15) is 0 Å². The van der Waals surface area contributed by atoms with Crippen LogP contribution >= 0.6 is 0 Å².